The highest BCUT2D eigenvalue weighted by atomic mass is 16.2. The monoisotopic (exact) mass is 192 g/mol. The maximum atomic E-state index is 11.2. The minimum absolute atomic E-state index is 0.0397. The quantitative estimate of drug-likeness (QED) is 0.659. The Morgan fingerprint density at radius 3 is 2.14 bits per heavy atom. The van der Waals surface area contributed by atoms with Crippen molar-refractivity contribution in [2.45, 2.75) is 19.4 Å². The molecule has 0 unspecified atom stereocenters. The first-order valence-electron chi connectivity index (χ1n) is 4.71. The number of likely N-dealkylation sites (tertiary alicyclic amines) is 1. The molecule has 0 radical (unpaired) electrons. The molecule has 0 saturated carbocycles. The molecule has 0 aromatic carbocycles. The Kier molecular flexibility index (Phi) is 2.35. The van der Waals surface area contributed by atoms with Gasteiger partial charge in [0.1, 0.15) is 0 Å². The molecular weight excluding hydrogens is 180 g/mol. The summed E-state index contributed by atoms with van der Waals surface area (Å²) in [7, 11) is 0. The maximum absolute atomic E-state index is 11.2. The third-order valence-electron chi connectivity index (χ3n) is 2.40. The van der Waals surface area contributed by atoms with E-state index in [1.165, 1.54) is 4.90 Å². The van der Waals surface area contributed by atoms with Gasteiger partial charge in [0.25, 0.3) is 0 Å². The topological polar surface area (TPSA) is 42.3 Å². The van der Waals surface area contributed by atoms with E-state index in [1.54, 1.807) is 0 Å². The zero-order valence-electron chi connectivity index (χ0n) is 7.85. The van der Waals surface area contributed by atoms with Crippen LogP contribution in [0, 0.1) is 0 Å². The van der Waals surface area contributed by atoms with Crippen molar-refractivity contribution in [3.05, 3.63) is 24.5 Å². The van der Waals surface area contributed by atoms with Crippen molar-refractivity contribution < 1.29 is 9.59 Å². The van der Waals surface area contributed by atoms with E-state index in [-0.39, 0.29) is 11.8 Å². The van der Waals surface area contributed by atoms with Crippen LogP contribution in [0.3, 0.4) is 0 Å². The predicted molar refractivity (Wildman–Crippen MR) is 50.4 cm³/mol. The second kappa shape index (κ2) is 3.65. The summed E-state index contributed by atoms with van der Waals surface area (Å²) < 4.78 is 1.96. The largest absolute Gasteiger partial charge is 0.352 e. The van der Waals surface area contributed by atoms with Crippen molar-refractivity contribution in [3.8, 4) is 0 Å². The number of hydrogen-bond donors (Lipinski definition) is 0. The summed E-state index contributed by atoms with van der Waals surface area (Å²) in [6.07, 6.45) is 4.60. The molecule has 0 aliphatic carbocycles. The lowest BCUT2D eigenvalue weighted by atomic mass is 10.4. The van der Waals surface area contributed by atoms with Crippen LogP contribution in [-0.4, -0.2) is 27.8 Å². The molecule has 0 N–H and O–H groups in total. The molecule has 2 rings (SSSR count). The van der Waals surface area contributed by atoms with Crippen molar-refractivity contribution in [1.29, 1.82) is 0 Å². The molecule has 1 saturated heterocycles. The van der Waals surface area contributed by atoms with Gasteiger partial charge in [-0.15, -0.1) is 0 Å². The van der Waals surface area contributed by atoms with Crippen LogP contribution in [0.5, 0.6) is 0 Å². The molecule has 1 aliphatic heterocycles. The SMILES string of the molecule is O=C1CCC(=O)N1CCn1cccc1. The first-order chi connectivity index (χ1) is 6.77. The Labute approximate surface area is 82.1 Å². The van der Waals surface area contributed by atoms with Gasteiger partial charge in [0.05, 0.1) is 0 Å². The van der Waals surface area contributed by atoms with Crippen LogP contribution in [-0.2, 0) is 16.1 Å². The Morgan fingerprint density at radius 2 is 1.57 bits per heavy atom. The van der Waals surface area contributed by atoms with Crippen molar-refractivity contribution in [1.82, 2.24) is 9.47 Å². The Morgan fingerprint density at radius 1 is 1.00 bits per heavy atom. The standard InChI is InChI=1S/C10H12N2O2/c13-9-3-4-10(14)12(9)8-7-11-5-1-2-6-11/h1-2,5-6H,3-4,7-8H2. The molecule has 74 valence electrons. The van der Waals surface area contributed by atoms with Gasteiger partial charge in [-0.1, -0.05) is 0 Å². The van der Waals surface area contributed by atoms with Gasteiger partial charge in [0, 0.05) is 38.3 Å². The molecule has 1 fully saturated rings. The van der Waals surface area contributed by atoms with Gasteiger partial charge in [-0.05, 0) is 12.1 Å². The summed E-state index contributed by atoms with van der Waals surface area (Å²) in [5.41, 5.74) is 0. The van der Waals surface area contributed by atoms with Gasteiger partial charge >= 0.3 is 0 Å². The second-order valence-electron chi connectivity index (χ2n) is 3.36. The summed E-state index contributed by atoms with van der Waals surface area (Å²) in [5, 5.41) is 0. The predicted octanol–water partition coefficient (Wildman–Crippen LogP) is 0.637. The van der Waals surface area contributed by atoms with Crippen LogP contribution in [0.2, 0.25) is 0 Å². The van der Waals surface area contributed by atoms with E-state index in [1.807, 2.05) is 29.1 Å². The summed E-state index contributed by atoms with van der Waals surface area (Å²) in [6.45, 7) is 1.18. The lowest BCUT2D eigenvalue weighted by molar-refractivity contribution is -0.138. The average molecular weight is 192 g/mol. The highest BCUT2D eigenvalue weighted by Crippen LogP contribution is 2.11. The summed E-state index contributed by atoms with van der Waals surface area (Å²) in [6, 6.07) is 3.85. The van der Waals surface area contributed by atoms with E-state index >= 15 is 0 Å². The number of aromatic nitrogens is 1. The third-order valence-corrected chi connectivity index (χ3v) is 2.40. The maximum Gasteiger partial charge on any atom is 0.229 e. The highest BCUT2D eigenvalue weighted by molar-refractivity contribution is 6.01. The molecule has 2 amide bonds. The van der Waals surface area contributed by atoms with Crippen molar-refractivity contribution >= 4 is 11.8 Å². The molecule has 0 spiro atoms. The Balaban J connectivity index is 1.92. The van der Waals surface area contributed by atoms with Gasteiger partial charge in [-0.2, -0.15) is 0 Å². The van der Waals surface area contributed by atoms with Crippen LogP contribution in [0.25, 0.3) is 0 Å². The molecule has 4 heteroatoms. The Hall–Kier alpha value is -1.58. The third kappa shape index (κ3) is 1.69. The second-order valence-corrected chi connectivity index (χ2v) is 3.36. The van der Waals surface area contributed by atoms with Crippen LogP contribution in [0.1, 0.15) is 12.8 Å². The van der Waals surface area contributed by atoms with E-state index in [0.29, 0.717) is 25.9 Å². The molecule has 1 aliphatic rings. The van der Waals surface area contributed by atoms with Gasteiger partial charge in [0.2, 0.25) is 11.8 Å². The minimum atomic E-state index is -0.0397. The number of carbonyl (C=O) groups is 2. The molecule has 2 heterocycles. The molecule has 0 atom stereocenters. The fourth-order valence-corrected chi connectivity index (χ4v) is 1.61. The molecule has 4 nitrogen and oxygen atoms in total. The summed E-state index contributed by atoms with van der Waals surface area (Å²) in [4.78, 5) is 23.8. The van der Waals surface area contributed by atoms with E-state index < -0.39 is 0 Å². The van der Waals surface area contributed by atoms with Gasteiger partial charge in [-0.3, -0.25) is 14.5 Å². The number of amides is 2. The molecule has 1 aromatic heterocycles. The number of rotatable bonds is 3. The highest BCUT2D eigenvalue weighted by Gasteiger charge is 2.27. The van der Waals surface area contributed by atoms with E-state index in [0.717, 1.165) is 0 Å². The van der Waals surface area contributed by atoms with Gasteiger partial charge in [0.15, 0.2) is 0 Å². The van der Waals surface area contributed by atoms with E-state index in [4.69, 9.17) is 0 Å². The molecule has 14 heavy (non-hydrogen) atoms. The summed E-state index contributed by atoms with van der Waals surface area (Å²) >= 11 is 0. The van der Waals surface area contributed by atoms with Crippen LogP contribution >= 0.6 is 0 Å². The smallest absolute Gasteiger partial charge is 0.229 e. The molecule has 1 aromatic rings. The number of hydrogen-bond acceptors (Lipinski definition) is 2. The van der Waals surface area contributed by atoms with E-state index in [2.05, 4.69) is 0 Å². The minimum Gasteiger partial charge on any atom is -0.352 e. The van der Waals surface area contributed by atoms with Gasteiger partial charge in [-0.25, -0.2) is 0 Å². The number of nitrogens with zero attached hydrogens (tertiary/aromatic N) is 2. The molecular formula is C10H12N2O2. The van der Waals surface area contributed by atoms with Crippen molar-refractivity contribution in [2.75, 3.05) is 6.54 Å². The fourth-order valence-electron chi connectivity index (χ4n) is 1.61. The lowest BCUT2D eigenvalue weighted by Crippen LogP contribution is -2.32. The Bertz CT molecular complexity index is 327. The normalized spacial score (nSPS) is 16.7. The zero-order valence-corrected chi connectivity index (χ0v) is 7.85. The van der Waals surface area contributed by atoms with Crippen LogP contribution in [0.4, 0.5) is 0 Å². The summed E-state index contributed by atoms with van der Waals surface area (Å²) in [5.74, 6) is -0.0793. The lowest BCUT2D eigenvalue weighted by Gasteiger charge is -2.13. The van der Waals surface area contributed by atoms with Crippen molar-refractivity contribution in [3.63, 3.8) is 0 Å². The zero-order chi connectivity index (χ0) is 9.97. The number of carbonyl (C=O) groups excluding carboxylic acids is 2. The first kappa shape index (κ1) is 8.99. The van der Waals surface area contributed by atoms with Crippen molar-refractivity contribution in [2.24, 2.45) is 0 Å². The fraction of sp³-hybridized carbons (Fsp3) is 0.400. The first-order valence-corrected chi connectivity index (χ1v) is 4.71. The van der Waals surface area contributed by atoms with Crippen LogP contribution in [0.15, 0.2) is 24.5 Å². The number of imide groups is 1. The molecule has 0 bridgehead atoms. The van der Waals surface area contributed by atoms with Gasteiger partial charge < -0.3 is 4.57 Å². The van der Waals surface area contributed by atoms with E-state index in [9.17, 15) is 9.59 Å². The van der Waals surface area contributed by atoms with Crippen LogP contribution < -0.4 is 0 Å². The average Bonchev–Trinajstić information content (AvgIpc) is 2.76.